The predicted octanol–water partition coefficient (Wildman–Crippen LogP) is 6.16. The predicted molar refractivity (Wildman–Crippen MR) is 147 cm³/mol. The molecule has 0 aromatic heterocycles. The molecule has 0 saturated heterocycles. The molecule has 1 N–H and O–H groups in total. The van der Waals surface area contributed by atoms with Crippen molar-refractivity contribution in [3.05, 3.63) is 93.0 Å². The van der Waals surface area contributed by atoms with E-state index in [1.54, 1.807) is 66.4 Å². The van der Waals surface area contributed by atoms with E-state index in [0.717, 1.165) is 22.3 Å². The van der Waals surface area contributed by atoms with Crippen molar-refractivity contribution in [3.8, 4) is 0 Å². The van der Waals surface area contributed by atoms with Gasteiger partial charge in [-0.05, 0) is 67.8 Å². The van der Waals surface area contributed by atoms with Crippen LogP contribution in [0.4, 0.5) is 5.69 Å². The number of hydrogen-bond acceptors (Lipinski definition) is 4. The molecule has 0 heterocycles. The molecule has 0 atom stereocenters. The van der Waals surface area contributed by atoms with Crippen LogP contribution in [-0.2, 0) is 20.6 Å². The minimum atomic E-state index is -3.95. The summed E-state index contributed by atoms with van der Waals surface area (Å²) in [5.74, 6) is 0.865. The van der Waals surface area contributed by atoms with Crippen LogP contribution in [0, 0.1) is 20.8 Å². The van der Waals surface area contributed by atoms with E-state index in [4.69, 9.17) is 23.2 Å². The molecular weight excluding hydrogens is 523 g/mol. The Labute approximate surface area is 221 Å². The quantitative estimate of drug-likeness (QED) is 0.307. The lowest BCUT2D eigenvalue weighted by molar-refractivity contribution is -0.119. The van der Waals surface area contributed by atoms with Crippen molar-refractivity contribution in [3.63, 3.8) is 0 Å². The van der Waals surface area contributed by atoms with E-state index >= 15 is 0 Å². The summed E-state index contributed by atoms with van der Waals surface area (Å²) < 4.78 is 28.3. The third-order valence-electron chi connectivity index (χ3n) is 5.62. The number of sulfonamides is 1. The van der Waals surface area contributed by atoms with Gasteiger partial charge in [0.05, 0.1) is 10.6 Å². The molecule has 0 saturated carbocycles. The number of nitrogens with one attached hydrogen (secondary N) is 1. The van der Waals surface area contributed by atoms with Crippen LogP contribution in [0.1, 0.15) is 22.3 Å². The highest BCUT2D eigenvalue weighted by Crippen LogP contribution is 2.29. The number of amides is 1. The first kappa shape index (κ1) is 27.4. The summed E-state index contributed by atoms with van der Waals surface area (Å²) >= 11 is 14.0. The molecule has 0 bridgehead atoms. The maximum absolute atomic E-state index is 13.6. The molecule has 0 aliphatic rings. The van der Waals surface area contributed by atoms with Crippen LogP contribution in [0.2, 0.25) is 10.0 Å². The Morgan fingerprint density at radius 3 is 2.23 bits per heavy atom. The van der Waals surface area contributed by atoms with Gasteiger partial charge in [-0.3, -0.25) is 9.10 Å². The second kappa shape index (κ2) is 12.2. The van der Waals surface area contributed by atoms with Crippen LogP contribution >= 0.6 is 35.0 Å². The standard InChI is InChI=1S/C26H28Cl2N2O3S2/c1-18-10-12-21(13-11-18)35(32,33)30(25-9-4-6-19(2)20(25)3)16-26(31)29-14-15-34-17-22-23(27)7-5-8-24(22)28/h4-13H,14-17H2,1-3H3,(H,29,31). The molecule has 0 radical (unpaired) electrons. The first-order valence-corrected chi connectivity index (χ1v) is 14.4. The maximum atomic E-state index is 13.6. The number of nitrogens with zero attached hydrogens (tertiary/aromatic N) is 1. The third-order valence-corrected chi connectivity index (χ3v) is 9.09. The summed E-state index contributed by atoms with van der Waals surface area (Å²) in [4.78, 5) is 13.0. The number of aryl methyl sites for hydroxylation is 2. The molecule has 3 rings (SSSR count). The van der Waals surface area contributed by atoms with Crippen molar-refractivity contribution >= 4 is 56.6 Å². The molecule has 0 spiro atoms. The Bertz CT molecular complexity index is 1280. The minimum Gasteiger partial charge on any atom is -0.354 e. The van der Waals surface area contributed by atoms with Gasteiger partial charge in [0, 0.05) is 28.1 Å². The zero-order chi connectivity index (χ0) is 25.6. The molecule has 35 heavy (non-hydrogen) atoms. The summed E-state index contributed by atoms with van der Waals surface area (Å²) in [6.07, 6.45) is 0. The zero-order valence-electron chi connectivity index (χ0n) is 19.8. The van der Waals surface area contributed by atoms with Crippen molar-refractivity contribution in [2.45, 2.75) is 31.4 Å². The maximum Gasteiger partial charge on any atom is 0.264 e. The summed E-state index contributed by atoms with van der Waals surface area (Å²) in [7, 11) is -3.95. The number of benzene rings is 3. The van der Waals surface area contributed by atoms with Crippen molar-refractivity contribution in [2.24, 2.45) is 0 Å². The molecule has 0 aliphatic carbocycles. The molecular formula is C26H28Cl2N2O3S2. The summed E-state index contributed by atoms with van der Waals surface area (Å²) in [5.41, 5.74) is 4.06. The smallest absolute Gasteiger partial charge is 0.264 e. The van der Waals surface area contributed by atoms with Gasteiger partial charge in [0.1, 0.15) is 6.54 Å². The Morgan fingerprint density at radius 1 is 0.943 bits per heavy atom. The van der Waals surface area contributed by atoms with E-state index in [9.17, 15) is 13.2 Å². The molecule has 186 valence electrons. The summed E-state index contributed by atoms with van der Waals surface area (Å²) in [5, 5.41) is 4.05. The molecule has 5 nitrogen and oxygen atoms in total. The van der Waals surface area contributed by atoms with Crippen molar-refractivity contribution in [1.29, 1.82) is 0 Å². The van der Waals surface area contributed by atoms with E-state index in [1.165, 1.54) is 4.31 Å². The van der Waals surface area contributed by atoms with Gasteiger partial charge in [0.15, 0.2) is 0 Å². The van der Waals surface area contributed by atoms with Crippen molar-refractivity contribution in [2.75, 3.05) is 23.1 Å². The van der Waals surface area contributed by atoms with Gasteiger partial charge in [-0.15, -0.1) is 0 Å². The molecule has 3 aromatic carbocycles. The number of anilines is 1. The van der Waals surface area contributed by atoms with Gasteiger partial charge >= 0.3 is 0 Å². The van der Waals surface area contributed by atoms with Gasteiger partial charge in [0.25, 0.3) is 10.0 Å². The second-order valence-corrected chi connectivity index (χ2v) is 11.9. The normalized spacial score (nSPS) is 11.3. The topological polar surface area (TPSA) is 66.5 Å². The monoisotopic (exact) mass is 550 g/mol. The molecule has 0 unspecified atom stereocenters. The first-order valence-electron chi connectivity index (χ1n) is 11.0. The van der Waals surface area contributed by atoms with Crippen LogP contribution in [0.5, 0.6) is 0 Å². The minimum absolute atomic E-state index is 0.143. The number of hydrogen-bond donors (Lipinski definition) is 1. The van der Waals surface area contributed by atoms with Crippen LogP contribution in [0.3, 0.4) is 0 Å². The largest absolute Gasteiger partial charge is 0.354 e. The van der Waals surface area contributed by atoms with E-state index in [-0.39, 0.29) is 17.3 Å². The van der Waals surface area contributed by atoms with E-state index in [1.807, 2.05) is 26.8 Å². The van der Waals surface area contributed by atoms with Gasteiger partial charge in [-0.25, -0.2) is 8.42 Å². The van der Waals surface area contributed by atoms with Crippen molar-refractivity contribution in [1.82, 2.24) is 5.32 Å². The number of carbonyl (C=O) groups is 1. The fourth-order valence-electron chi connectivity index (χ4n) is 3.44. The van der Waals surface area contributed by atoms with Crippen molar-refractivity contribution < 1.29 is 13.2 Å². The van der Waals surface area contributed by atoms with Crippen LogP contribution in [0.25, 0.3) is 0 Å². The average Bonchev–Trinajstić information content (AvgIpc) is 2.81. The molecule has 0 aliphatic heterocycles. The van der Waals surface area contributed by atoms with Crippen LogP contribution in [0.15, 0.2) is 65.6 Å². The number of rotatable bonds is 10. The zero-order valence-corrected chi connectivity index (χ0v) is 23.0. The van der Waals surface area contributed by atoms with Crippen LogP contribution in [-0.4, -0.2) is 33.2 Å². The van der Waals surface area contributed by atoms with E-state index < -0.39 is 10.0 Å². The molecule has 3 aromatic rings. The third kappa shape index (κ3) is 6.94. The molecule has 0 fully saturated rings. The molecule has 9 heteroatoms. The Kier molecular flexibility index (Phi) is 9.53. The lowest BCUT2D eigenvalue weighted by Gasteiger charge is -2.26. The highest BCUT2D eigenvalue weighted by Gasteiger charge is 2.28. The SMILES string of the molecule is Cc1ccc(S(=O)(=O)N(CC(=O)NCCSCc2c(Cl)cccc2Cl)c2cccc(C)c2C)cc1. The fraction of sp³-hybridized carbons (Fsp3) is 0.269. The van der Waals surface area contributed by atoms with Gasteiger partial charge < -0.3 is 5.32 Å². The highest BCUT2D eigenvalue weighted by atomic mass is 35.5. The summed E-state index contributed by atoms with van der Waals surface area (Å²) in [6.45, 7) is 5.73. The second-order valence-electron chi connectivity index (χ2n) is 8.15. The van der Waals surface area contributed by atoms with E-state index in [0.29, 0.717) is 33.8 Å². The average molecular weight is 552 g/mol. The summed E-state index contributed by atoms with van der Waals surface area (Å²) in [6, 6.07) is 17.4. The first-order chi connectivity index (χ1) is 16.6. The highest BCUT2D eigenvalue weighted by molar-refractivity contribution is 7.98. The number of carbonyl (C=O) groups excluding carboxylic acids is 1. The Balaban J connectivity index is 1.70. The lowest BCUT2D eigenvalue weighted by Crippen LogP contribution is -2.41. The van der Waals surface area contributed by atoms with Crippen LogP contribution < -0.4 is 9.62 Å². The Hall–Kier alpha value is -2.19. The number of halogens is 2. The van der Waals surface area contributed by atoms with Gasteiger partial charge in [0.2, 0.25) is 5.91 Å². The Morgan fingerprint density at radius 2 is 1.57 bits per heavy atom. The molecule has 1 amide bonds. The fourth-order valence-corrected chi connectivity index (χ4v) is 6.51. The van der Waals surface area contributed by atoms with Gasteiger partial charge in [-0.1, -0.05) is 59.1 Å². The van der Waals surface area contributed by atoms with Gasteiger partial charge in [-0.2, -0.15) is 11.8 Å². The lowest BCUT2D eigenvalue weighted by atomic mass is 10.1. The van der Waals surface area contributed by atoms with E-state index in [2.05, 4.69) is 5.32 Å². The number of thioether (sulfide) groups is 1.